The fourth-order valence-electron chi connectivity index (χ4n) is 5.51. The van der Waals surface area contributed by atoms with E-state index >= 15 is 0 Å². The predicted molar refractivity (Wildman–Crippen MR) is 133 cm³/mol. The highest BCUT2D eigenvalue weighted by Crippen LogP contribution is 2.48. The first-order chi connectivity index (χ1) is 18.9. The molecule has 0 spiro atoms. The van der Waals surface area contributed by atoms with Crippen LogP contribution in [0.15, 0.2) is 36.5 Å². The van der Waals surface area contributed by atoms with Crippen LogP contribution in [0.4, 0.5) is 28.2 Å². The Morgan fingerprint density at radius 3 is 2.50 bits per heavy atom. The summed E-state index contributed by atoms with van der Waals surface area (Å²) in [4.78, 5) is 43.8. The number of alkyl halides is 3. The highest BCUT2D eigenvalue weighted by Gasteiger charge is 2.53. The highest BCUT2D eigenvalue weighted by atomic mass is 19.3. The molecule has 2 atom stereocenters. The molecule has 0 radical (unpaired) electrons. The molecule has 5 rings (SSSR count). The second-order valence-electron chi connectivity index (χ2n) is 10.0. The number of benzene rings is 1. The second-order valence-corrected chi connectivity index (χ2v) is 10.0. The van der Waals surface area contributed by atoms with Crippen LogP contribution in [-0.2, 0) is 15.0 Å². The van der Waals surface area contributed by atoms with E-state index in [1.807, 2.05) is 0 Å². The van der Waals surface area contributed by atoms with Gasteiger partial charge < -0.3 is 20.1 Å². The number of hydrogen-bond acceptors (Lipinski definition) is 6. The van der Waals surface area contributed by atoms with Crippen molar-refractivity contribution in [3.63, 3.8) is 0 Å². The fourth-order valence-corrected chi connectivity index (χ4v) is 5.51. The number of halogens is 4. The average molecular weight is 564 g/mol. The van der Waals surface area contributed by atoms with Crippen molar-refractivity contribution in [1.29, 1.82) is 0 Å². The van der Waals surface area contributed by atoms with Crippen molar-refractivity contribution >= 4 is 34.8 Å². The van der Waals surface area contributed by atoms with Gasteiger partial charge in [-0.2, -0.15) is 9.78 Å². The lowest BCUT2D eigenvalue weighted by Crippen LogP contribution is -2.54. The van der Waals surface area contributed by atoms with Gasteiger partial charge in [-0.05, 0) is 42.7 Å². The number of methoxy groups -OCH3 is 1. The number of nitrogens with zero attached hydrogens (tertiary/aromatic N) is 4. The number of pyridine rings is 1. The van der Waals surface area contributed by atoms with Crippen LogP contribution in [0.3, 0.4) is 0 Å². The number of ether oxygens (including phenoxy) is 1. The Bertz CT molecular complexity index is 1490. The molecule has 1 aliphatic carbocycles. The first-order valence-corrected chi connectivity index (χ1v) is 12.5. The predicted octanol–water partition coefficient (Wildman–Crippen LogP) is 4.13. The van der Waals surface area contributed by atoms with Crippen molar-refractivity contribution in [2.75, 3.05) is 19.0 Å². The maximum absolute atomic E-state index is 14.7. The molecule has 2 aromatic heterocycles. The number of amides is 2. The van der Waals surface area contributed by atoms with Gasteiger partial charge in [0.15, 0.2) is 11.6 Å². The zero-order valence-corrected chi connectivity index (χ0v) is 21.2. The van der Waals surface area contributed by atoms with Crippen molar-refractivity contribution in [2.24, 2.45) is 0 Å². The Hall–Kier alpha value is -4.23. The molecule has 3 aromatic rings. The van der Waals surface area contributed by atoms with Crippen LogP contribution in [0, 0.1) is 5.82 Å². The lowest BCUT2D eigenvalue weighted by atomic mass is 9.67. The van der Waals surface area contributed by atoms with Gasteiger partial charge in [0.2, 0.25) is 17.7 Å². The van der Waals surface area contributed by atoms with Crippen LogP contribution in [-0.4, -0.2) is 74.5 Å². The van der Waals surface area contributed by atoms with Gasteiger partial charge in [0.25, 0.3) is 0 Å². The summed E-state index contributed by atoms with van der Waals surface area (Å²) in [5.41, 5.74) is -1.10. The number of hydrogen-bond donors (Lipinski definition) is 2. The Morgan fingerprint density at radius 2 is 1.85 bits per heavy atom. The summed E-state index contributed by atoms with van der Waals surface area (Å²) < 4.78 is 63.4. The van der Waals surface area contributed by atoms with Gasteiger partial charge in [0.05, 0.1) is 30.8 Å². The largest absolute Gasteiger partial charge is 0.494 e. The van der Waals surface area contributed by atoms with Crippen molar-refractivity contribution in [1.82, 2.24) is 19.7 Å². The third-order valence-electron chi connectivity index (χ3n) is 7.62. The van der Waals surface area contributed by atoms with E-state index in [9.17, 15) is 37.1 Å². The monoisotopic (exact) mass is 563 g/mol. The van der Waals surface area contributed by atoms with Crippen molar-refractivity contribution in [3.05, 3.63) is 47.9 Å². The summed E-state index contributed by atoms with van der Waals surface area (Å²) in [6.07, 6.45) is -3.93. The third-order valence-corrected chi connectivity index (χ3v) is 7.62. The van der Waals surface area contributed by atoms with Gasteiger partial charge in [-0.1, -0.05) is 6.07 Å². The number of carbonyl (C=O) groups is 3. The maximum atomic E-state index is 14.7. The summed E-state index contributed by atoms with van der Waals surface area (Å²) in [7, 11) is 1.26. The Balaban J connectivity index is 1.44. The zero-order chi connectivity index (χ0) is 28.8. The first-order valence-electron chi connectivity index (χ1n) is 12.5. The van der Waals surface area contributed by atoms with E-state index in [-0.39, 0.29) is 47.4 Å². The number of nitrogens with one attached hydrogen (secondary N) is 1. The maximum Gasteiger partial charge on any atom is 0.432 e. The number of fused-ring (bicyclic) bond motifs is 1. The lowest BCUT2D eigenvalue weighted by Gasteiger charge is -2.42. The molecule has 2 fully saturated rings. The Kier molecular flexibility index (Phi) is 6.88. The van der Waals surface area contributed by atoms with Crippen LogP contribution in [0.1, 0.15) is 37.7 Å². The molecule has 0 bridgehead atoms. The summed E-state index contributed by atoms with van der Waals surface area (Å²) in [5.74, 6) is -5.37. The molecule has 10 nitrogen and oxygen atoms in total. The van der Waals surface area contributed by atoms with E-state index < -0.39 is 66.7 Å². The summed E-state index contributed by atoms with van der Waals surface area (Å²) >= 11 is 0. The molecule has 2 aliphatic rings. The first kappa shape index (κ1) is 27.3. The van der Waals surface area contributed by atoms with E-state index in [1.54, 1.807) is 0 Å². The molecular formula is C26H25F4N5O5. The van der Waals surface area contributed by atoms with E-state index in [0.29, 0.717) is 4.68 Å². The number of carbonyl (C=O) groups excluding carboxylic acids is 2. The van der Waals surface area contributed by atoms with Gasteiger partial charge in [-0.3, -0.25) is 9.59 Å². The molecule has 212 valence electrons. The van der Waals surface area contributed by atoms with Crippen LogP contribution in [0.2, 0.25) is 0 Å². The quantitative estimate of drug-likeness (QED) is 0.447. The van der Waals surface area contributed by atoms with Crippen LogP contribution in [0.5, 0.6) is 5.75 Å². The minimum atomic E-state index is -3.02. The molecule has 2 N–H and O–H groups in total. The SMILES string of the molecule is COc1ccc(C2(C(=O)N3C[C@H](F)C[C@@H]3C(=O)Nc3ccc4c(cnn4C(=O)O)n3)CCC(F)(F)CC2)cc1F. The fraction of sp³-hybridized carbons (Fsp3) is 0.423. The normalized spacial score (nSPS) is 21.8. The number of carboxylic acid groups (broad SMARTS) is 1. The zero-order valence-electron chi connectivity index (χ0n) is 21.2. The molecule has 1 saturated carbocycles. The van der Waals surface area contributed by atoms with E-state index in [2.05, 4.69) is 15.4 Å². The number of likely N-dealkylation sites (tertiary alicyclic amines) is 1. The number of rotatable bonds is 5. The standard InChI is InChI=1S/C26H25F4N5O5/c1-40-20-4-2-14(10-16(20)28)25(6-8-26(29,30)9-7-25)23(37)34-13-15(27)11-19(34)22(36)33-21-5-3-18-17(32-21)12-31-35(18)24(38)39/h2-5,10,12,15,19H,6-9,11,13H2,1H3,(H,38,39)(H,32,33,36)/t15-,19-/m1/s1. The van der Waals surface area contributed by atoms with Gasteiger partial charge in [-0.15, -0.1) is 0 Å². The Labute approximate surface area is 224 Å². The lowest BCUT2D eigenvalue weighted by molar-refractivity contribution is -0.146. The van der Waals surface area contributed by atoms with Gasteiger partial charge in [0, 0.05) is 19.3 Å². The molecular weight excluding hydrogens is 538 g/mol. The molecule has 14 heteroatoms. The molecule has 1 aliphatic heterocycles. The topological polar surface area (TPSA) is 127 Å². The molecule has 1 saturated heterocycles. The van der Waals surface area contributed by atoms with Crippen molar-refractivity contribution < 1.29 is 41.8 Å². The number of aromatic nitrogens is 3. The molecule has 2 amide bonds. The second kappa shape index (κ2) is 10.1. The van der Waals surface area contributed by atoms with E-state index in [0.717, 1.165) is 11.0 Å². The minimum absolute atomic E-state index is 0.0152. The Morgan fingerprint density at radius 1 is 1.12 bits per heavy atom. The number of anilines is 1. The summed E-state index contributed by atoms with van der Waals surface area (Å²) in [6, 6.07) is 5.22. The van der Waals surface area contributed by atoms with Crippen LogP contribution in [0.25, 0.3) is 11.0 Å². The highest BCUT2D eigenvalue weighted by molar-refractivity contribution is 6.00. The van der Waals surface area contributed by atoms with Crippen LogP contribution >= 0.6 is 0 Å². The van der Waals surface area contributed by atoms with Crippen molar-refractivity contribution in [2.45, 2.75) is 55.7 Å². The van der Waals surface area contributed by atoms with Gasteiger partial charge >= 0.3 is 6.09 Å². The average Bonchev–Trinajstić information content (AvgIpc) is 3.52. The van der Waals surface area contributed by atoms with Crippen LogP contribution < -0.4 is 10.1 Å². The van der Waals surface area contributed by atoms with Crippen molar-refractivity contribution in [3.8, 4) is 5.75 Å². The minimum Gasteiger partial charge on any atom is -0.494 e. The third kappa shape index (κ3) is 4.82. The van der Waals surface area contributed by atoms with Gasteiger partial charge in [0.1, 0.15) is 23.5 Å². The van der Waals surface area contributed by atoms with E-state index in [4.69, 9.17) is 4.74 Å². The molecule has 0 unspecified atom stereocenters. The molecule has 3 heterocycles. The molecule has 1 aromatic carbocycles. The molecule has 40 heavy (non-hydrogen) atoms. The van der Waals surface area contributed by atoms with Gasteiger partial charge in [-0.25, -0.2) is 27.3 Å². The summed E-state index contributed by atoms with van der Waals surface area (Å²) in [5, 5.41) is 15.4. The van der Waals surface area contributed by atoms with E-state index in [1.165, 1.54) is 37.6 Å². The summed E-state index contributed by atoms with van der Waals surface area (Å²) in [6.45, 7) is -0.439. The smallest absolute Gasteiger partial charge is 0.432 e.